The summed E-state index contributed by atoms with van der Waals surface area (Å²) in [5.41, 5.74) is 3.87. The normalized spacial score (nSPS) is 14.3. The molecule has 0 saturated carbocycles. The van der Waals surface area contributed by atoms with E-state index in [1.165, 1.54) is 29.4 Å². The molecule has 0 radical (unpaired) electrons. The standard InChI is InChI=1S/C23H20F6N6O2/c24-15-10-17(26)16(25)8-12(15)7-13(30)9-19(36)34-5-6-35-18(11-34)33-21(23(27,28)29)20(35)22(37)32-14-1-3-31-4-2-14/h1-4,8,10,13H,5-7,9,11,30H2,(H,31,32,37)/t13-/m0/s1. The Morgan fingerprint density at radius 2 is 1.73 bits per heavy atom. The van der Waals surface area contributed by atoms with Gasteiger partial charge in [-0.05, 0) is 30.2 Å². The van der Waals surface area contributed by atoms with E-state index in [1.54, 1.807) is 0 Å². The third-order valence-electron chi connectivity index (χ3n) is 5.76. The van der Waals surface area contributed by atoms with Gasteiger partial charge in [-0.3, -0.25) is 14.6 Å². The fourth-order valence-electron chi connectivity index (χ4n) is 4.03. The summed E-state index contributed by atoms with van der Waals surface area (Å²) in [6.07, 6.45) is -2.81. The number of aromatic nitrogens is 3. The summed E-state index contributed by atoms with van der Waals surface area (Å²) in [5, 5.41) is 2.38. The Morgan fingerprint density at radius 1 is 1.05 bits per heavy atom. The molecule has 4 rings (SSSR count). The van der Waals surface area contributed by atoms with E-state index in [0.717, 1.165) is 4.57 Å². The van der Waals surface area contributed by atoms with Crippen LogP contribution in [0.4, 0.5) is 32.0 Å². The average molecular weight is 526 g/mol. The number of fused-ring (bicyclic) bond motifs is 1. The molecule has 196 valence electrons. The summed E-state index contributed by atoms with van der Waals surface area (Å²) in [5.74, 6) is -5.36. The number of carbonyl (C=O) groups is 2. The molecule has 2 aromatic heterocycles. The molecular weight excluding hydrogens is 506 g/mol. The third kappa shape index (κ3) is 5.74. The molecule has 1 aromatic carbocycles. The van der Waals surface area contributed by atoms with Crippen molar-refractivity contribution in [1.82, 2.24) is 19.4 Å². The highest BCUT2D eigenvalue weighted by atomic mass is 19.4. The van der Waals surface area contributed by atoms with Gasteiger partial charge in [0.05, 0.1) is 6.54 Å². The molecule has 0 saturated heterocycles. The molecule has 0 spiro atoms. The maximum absolute atomic E-state index is 13.9. The van der Waals surface area contributed by atoms with Gasteiger partial charge >= 0.3 is 6.18 Å². The number of carbonyl (C=O) groups excluding carboxylic acids is 2. The molecular formula is C23H20F6N6O2. The number of benzene rings is 1. The summed E-state index contributed by atoms with van der Waals surface area (Å²) in [6, 6.07) is 2.89. The highest BCUT2D eigenvalue weighted by molar-refractivity contribution is 6.04. The van der Waals surface area contributed by atoms with Crippen LogP contribution < -0.4 is 11.1 Å². The molecule has 3 aromatic rings. The number of pyridine rings is 1. The Hall–Kier alpha value is -3.94. The first-order chi connectivity index (χ1) is 17.4. The third-order valence-corrected chi connectivity index (χ3v) is 5.76. The van der Waals surface area contributed by atoms with Crippen molar-refractivity contribution in [3.63, 3.8) is 0 Å². The monoisotopic (exact) mass is 526 g/mol. The molecule has 0 aliphatic carbocycles. The summed E-state index contributed by atoms with van der Waals surface area (Å²) in [4.78, 5) is 34.1. The van der Waals surface area contributed by atoms with Crippen LogP contribution in [0.1, 0.15) is 34.0 Å². The Bertz CT molecular complexity index is 1330. The first-order valence-corrected chi connectivity index (χ1v) is 11.0. The second-order valence-electron chi connectivity index (χ2n) is 8.41. The fraction of sp³-hybridized carbons (Fsp3) is 0.304. The Morgan fingerprint density at radius 3 is 2.41 bits per heavy atom. The first-order valence-electron chi connectivity index (χ1n) is 11.0. The lowest BCUT2D eigenvalue weighted by atomic mass is 10.0. The number of nitrogens with two attached hydrogens (primary N) is 1. The lowest BCUT2D eigenvalue weighted by Gasteiger charge is -2.29. The van der Waals surface area contributed by atoms with Gasteiger partial charge in [-0.15, -0.1) is 0 Å². The zero-order chi connectivity index (χ0) is 26.9. The highest BCUT2D eigenvalue weighted by Gasteiger charge is 2.42. The Labute approximate surface area is 206 Å². The van der Waals surface area contributed by atoms with Crippen molar-refractivity contribution in [3.05, 3.63) is 76.9 Å². The zero-order valence-electron chi connectivity index (χ0n) is 19.0. The van der Waals surface area contributed by atoms with Crippen LogP contribution in [0.2, 0.25) is 0 Å². The average Bonchev–Trinajstić information content (AvgIpc) is 3.23. The number of nitrogens with zero attached hydrogens (tertiary/aromatic N) is 4. The molecule has 2 amide bonds. The van der Waals surface area contributed by atoms with Gasteiger partial charge in [0, 0.05) is 49.7 Å². The molecule has 1 aliphatic heterocycles. The van der Waals surface area contributed by atoms with Crippen LogP contribution in [0, 0.1) is 17.5 Å². The molecule has 1 atom stereocenters. The van der Waals surface area contributed by atoms with E-state index in [2.05, 4.69) is 15.3 Å². The van der Waals surface area contributed by atoms with Gasteiger partial charge in [0.1, 0.15) is 17.3 Å². The van der Waals surface area contributed by atoms with E-state index in [1.807, 2.05) is 0 Å². The van der Waals surface area contributed by atoms with Crippen molar-refractivity contribution < 1.29 is 35.9 Å². The molecule has 0 bridgehead atoms. The number of nitrogens with one attached hydrogen (secondary N) is 1. The minimum atomic E-state index is -4.93. The van der Waals surface area contributed by atoms with Gasteiger partial charge in [-0.1, -0.05) is 0 Å². The van der Waals surface area contributed by atoms with Crippen molar-refractivity contribution >= 4 is 17.5 Å². The number of hydrogen-bond donors (Lipinski definition) is 2. The van der Waals surface area contributed by atoms with Gasteiger partial charge in [-0.2, -0.15) is 13.2 Å². The van der Waals surface area contributed by atoms with Crippen molar-refractivity contribution in [2.45, 2.75) is 38.1 Å². The summed E-state index contributed by atoms with van der Waals surface area (Å²) < 4.78 is 82.7. The van der Waals surface area contributed by atoms with Crippen LogP contribution in [-0.4, -0.2) is 43.8 Å². The van der Waals surface area contributed by atoms with Crippen molar-refractivity contribution in [2.75, 3.05) is 11.9 Å². The lowest BCUT2D eigenvalue weighted by molar-refractivity contribution is -0.141. The zero-order valence-corrected chi connectivity index (χ0v) is 19.0. The van der Waals surface area contributed by atoms with Gasteiger partial charge in [0.15, 0.2) is 17.3 Å². The predicted octanol–water partition coefficient (Wildman–Crippen LogP) is 3.27. The molecule has 1 aliphatic rings. The van der Waals surface area contributed by atoms with E-state index < -0.39 is 52.9 Å². The maximum atomic E-state index is 13.9. The van der Waals surface area contributed by atoms with Crippen LogP contribution in [0.15, 0.2) is 36.7 Å². The number of amides is 2. The fourth-order valence-corrected chi connectivity index (χ4v) is 4.03. The number of alkyl halides is 3. The number of halogens is 6. The van der Waals surface area contributed by atoms with Gasteiger partial charge < -0.3 is 20.5 Å². The van der Waals surface area contributed by atoms with E-state index in [4.69, 9.17) is 5.73 Å². The van der Waals surface area contributed by atoms with Crippen molar-refractivity contribution in [3.8, 4) is 0 Å². The minimum absolute atomic E-state index is 0.0404. The van der Waals surface area contributed by atoms with Crippen molar-refractivity contribution in [2.24, 2.45) is 5.73 Å². The highest BCUT2D eigenvalue weighted by Crippen LogP contribution is 2.33. The quantitative estimate of drug-likeness (QED) is 0.379. The largest absolute Gasteiger partial charge is 0.435 e. The summed E-state index contributed by atoms with van der Waals surface area (Å²) in [7, 11) is 0. The maximum Gasteiger partial charge on any atom is 0.435 e. The predicted molar refractivity (Wildman–Crippen MR) is 117 cm³/mol. The second-order valence-corrected chi connectivity index (χ2v) is 8.41. The molecule has 0 fully saturated rings. The Balaban J connectivity index is 1.49. The number of anilines is 1. The SMILES string of the molecule is N[C@H](CC(=O)N1CCn2c(nc(C(F)(F)F)c2C(=O)Nc2ccncc2)C1)Cc1cc(F)c(F)cc1F. The molecule has 14 heteroatoms. The minimum Gasteiger partial charge on any atom is -0.333 e. The topological polar surface area (TPSA) is 106 Å². The van der Waals surface area contributed by atoms with Gasteiger partial charge in [0.25, 0.3) is 5.91 Å². The first kappa shape index (κ1) is 26.1. The number of rotatable bonds is 6. The summed E-state index contributed by atoms with van der Waals surface area (Å²) in [6.45, 7) is -0.506. The molecule has 37 heavy (non-hydrogen) atoms. The summed E-state index contributed by atoms with van der Waals surface area (Å²) >= 11 is 0. The van der Waals surface area contributed by atoms with E-state index in [-0.39, 0.29) is 49.6 Å². The molecule has 3 heterocycles. The number of imidazole rings is 1. The van der Waals surface area contributed by atoms with Crippen LogP contribution in [-0.2, 0) is 30.5 Å². The van der Waals surface area contributed by atoms with E-state index >= 15 is 0 Å². The number of hydrogen-bond acceptors (Lipinski definition) is 5. The van der Waals surface area contributed by atoms with Gasteiger partial charge in [0.2, 0.25) is 5.91 Å². The van der Waals surface area contributed by atoms with Crippen LogP contribution >= 0.6 is 0 Å². The van der Waals surface area contributed by atoms with E-state index in [9.17, 15) is 35.9 Å². The molecule has 3 N–H and O–H groups in total. The second kappa shape index (κ2) is 10.2. The van der Waals surface area contributed by atoms with Crippen LogP contribution in [0.5, 0.6) is 0 Å². The molecule has 0 unspecified atom stereocenters. The Kier molecular flexibility index (Phi) is 7.21. The van der Waals surface area contributed by atoms with Crippen LogP contribution in [0.25, 0.3) is 0 Å². The molecule has 8 nitrogen and oxygen atoms in total. The van der Waals surface area contributed by atoms with Crippen LogP contribution in [0.3, 0.4) is 0 Å². The van der Waals surface area contributed by atoms with Gasteiger partial charge in [-0.25, -0.2) is 18.2 Å². The smallest absolute Gasteiger partial charge is 0.333 e. The lowest BCUT2D eigenvalue weighted by Crippen LogP contribution is -2.42. The van der Waals surface area contributed by atoms with E-state index in [0.29, 0.717) is 12.1 Å². The van der Waals surface area contributed by atoms with Crippen molar-refractivity contribution in [1.29, 1.82) is 0 Å².